The van der Waals surface area contributed by atoms with Crippen LogP contribution in [0.4, 0.5) is 5.69 Å². The maximum Gasteiger partial charge on any atom is 0.251 e. The van der Waals surface area contributed by atoms with Crippen LogP contribution in [0.5, 0.6) is 0 Å². The van der Waals surface area contributed by atoms with E-state index in [9.17, 15) is 18.0 Å². The summed E-state index contributed by atoms with van der Waals surface area (Å²) < 4.78 is 24.7. The molecule has 144 valence electrons. The van der Waals surface area contributed by atoms with Gasteiger partial charge in [0.25, 0.3) is 5.91 Å². The van der Waals surface area contributed by atoms with Gasteiger partial charge in [-0.05, 0) is 49.8 Å². The number of carbonyl (C=O) groups excluding carboxylic acids is 2. The summed E-state index contributed by atoms with van der Waals surface area (Å²) in [5, 5.41) is 4.91. The SMILES string of the molecule is CN(C)C(CNC(=O)c1ccc(N2C(=O)CCS2(=O)=O)cc1)c1cccs1. The quantitative estimate of drug-likeness (QED) is 0.790. The van der Waals surface area contributed by atoms with Crippen molar-refractivity contribution >= 4 is 38.9 Å². The number of hydrogen-bond acceptors (Lipinski definition) is 6. The number of hydrogen-bond donors (Lipinski definition) is 1. The fourth-order valence-corrected chi connectivity index (χ4v) is 5.31. The molecule has 1 aromatic carbocycles. The number of amides is 2. The number of nitrogens with one attached hydrogen (secondary N) is 1. The molecule has 1 saturated heterocycles. The number of carbonyl (C=O) groups is 2. The summed E-state index contributed by atoms with van der Waals surface area (Å²) in [4.78, 5) is 27.5. The van der Waals surface area contributed by atoms with E-state index in [4.69, 9.17) is 0 Å². The van der Waals surface area contributed by atoms with Crippen LogP contribution in [0, 0.1) is 0 Å². The van der Waals surface area contributed by atoms with Gasteiger partial charge in [-0.15, -0.1) is 11.3 Å². The van der Waals surface area contributed by atoms with Crippen LogP contribution >= 0.6 is 11.3 Å². The Balaban J connectivity index is 1.68. The lowest BCUT2D eigenvalue weighted by molar-refractivity contribution is -0.116. The molecule has 1 aliphatic heterocycles. The molecule has 1 aromatic heterocycles. The van der Waals surface area contributed by atoms with Crippen molar-refractivity contribution in [3.63, 3.8) is 0 Å². The summed E-state index contributed by atoms with van der Waals surface area (Å²) >= 11 is 1.64. The molecule has 0 spiro atoms. The fourth-order valence-electron chi connectivity index (χ4n) is 2.93. The zero-order valence-electron chi connectivity index (χ0n) is 15.1. The maximum absolute atomic E-state index is 12.4. The molecule has 3 rings (SSSR count). The van der Waals surface area contributed by atoms with Crippen LogP contribution in [-0.4, -0.2) is 51.5 Å². The van der Waals surface area contributed by atoms with Gasteiger partial charge in [-0.2, -0.15) is 0 Å². The van der Waals surface area contributed by atoms with Gasteiger partial charge in [-0.3, -0.25) is 9.59 Å². The Kier molecular flexibility index (Phi) is 5.64. The van der Waals surface area contributed by atoms with Crippen molar-refractivity contribution in [2.75, 3.05) is 30.7 Å². The van der Waals surface area contributed by atoms with Crippen LogP contribution in [0.3, 0.4) is 0 Å². The van der Waals surface area contributed by atoms with Crippen molar-refractivity contribution in [3.05, 3.63) is 52.2 Å². The summed E-state index contributed by atoms with van der Waals surface area (Å²) in [6.45, 7) is 0.451. The monoisotopic (exact) mass is 407 g/mol. The van der Waals surface area contributed by atoms with Crippen LogP contribution in [0.15, 0.2) is 41.8 Å². The summed E-state index contributed by atoms with van der Waals surface area (Å²) in [6.07, 6.45) is -0.0147. The van der Waals surface area contributed by atoms with Crippen molar-refractivity contribution < 1.29 is 18.0 Å². The van der Waals surface area contributed by atoms with Crippen molar-refractivity contribution in [2.24, 2.45) is 0 Å². The second-order valence-corrected chi connectivity index (χ2v) is 9.39. The minimum absolute atomic E-state index is 0.0147. The third kappa shape index (κ3) is 4.20. The van der Waals surface area contributed by atoms with Crippen LogP contribution in [0.1, 0.15) is 27.7 Å². The zero-order valence-corrected chi connectivity index (χ0v) is 16.7. The molecule has 0 saturated carbocycles. The molecule has 1 N–H and O–H groups in total. The number of likely N-dealkylation sites (N-methyl/N-ethyl adjacent to an activating group) is 1. The molecule has 2 aromatic rings. The Morgan fingerprint density at radius 1 is 1.26 bits per heavy atom. The van der Waals surface area contributed by atoms with E-state index in [0.29, 0.717) is 12.1 Å². The van der Waals surface area contributed by atoms with E-state index in [2.05, 4.69) is 5.32 Å². The third-order valence-electron chi connectivity index (χ3n) is 4.39. The predicted octanol–water partition coefficient (Wildman–Crippen LogP) is 1.85. The second-order valence-electron chi connectivity index (χ2n) is 6.48. The molecule has 1 fully saturated rings. The van der Waals surface area contributed by atoms with Gasteiger partial charge in [0.05, 0.1) is 17.5 Å². The van der Waals surface area contributed by atoms with Crippen LogP contribution in [0.25, 0.3) is 0 Å². The average Bonchev–Trinajstić information content (AvgIpc) is 3.23. The minimum atomic E-state index is -3.60. The molecule has 0 aliphatic carbocycles. The first-order chi connectivity index (χ1) is 12.8. The predicted molar refractivity (Wildman–Crippen MR) is 105 cm³/mol. The highest BCUT2D eigenvalue weighted by Crippen LogP contribution is 2.25. The lowest BCUT2D eigenvalue weighted by atomic mass is 10.1. The van der Waals surface area contributed by atoms with E-state index < -0.39 is 15.9 Å². The van der Waals surface area contributed by atoms with Gasteiger partial charge in [0, 0.05) is 23.4 Å². The normalized spacial score (nSPS) is 17.3. The highest BCUT2D eigenvalue weighted by Gasteiger charge is 2.36. The van der Waals surface area contributed by atoms with Crippen molar-refractivity contribution in [3.8, 4) is 0 Å². The number of nitrogens with zero attached hydrogens (tertiary/aromatic N) is 2. The Morgan fingerprint density at radius 2 is 1.96 bits per heavy atom. The van der Waals surface area contributed by atoms with Crippen molar-refractivity contribution in [2.45, 2.75) is 12.5 Å². The van der Waals surface area contributed by atoms with Gasteiger partial charge in [0.2, 0.25) is 15.9 Å². The largest absolute Gasteiger partial charge is 0.350 e. The first-order valence-electron chi connectivity index (χ1n) is 8.43. The van der Waals surface area contributed by atoms with E-state index in [1.54, 1.807) is 11.3 Å². The highest BCUT2D eigenvalue weighted by atomic mass is 32.2. The molecule has 9 heteroatoms. The van der Waals surface area contributed by atoms with Crippen LogP contribution in [-0.2, 0) is 14.8 Å². The van der Waals surface area contributed by atoms with E-state index >= 15 is 0 Å². The lowest BCUT2D eigenvalue weighted by Gasteiger charge is -2.23. The maximum atomic E-state index is 12.4. The van der Waals surface area contributed by atoms with Gasteiger partial charge < -0.3 is 10.2 Å². The highest BCUT2D eigenvalue weighted by molar-refractivity contribution is 7.94. The van der Waals surface area contributed by atoms with Crippen molar-refractivity contribution in [1.82, 2.24) is 10.2 Å². The average molecular weight is 408 g/mol. The Hall–Kier alpha value is -2.23. The molecule has 1 atom stereocenters. The second kappa shape index (κ2) is 7.79. The molecule has 0 bridgehead atoms. The van der Waals surface area contributed by atoms with Gasteiger partial charge in [-0.25, -0.2) is 12.7 Å². The number of thiophene rings is 1. The number of rotatable bonds is 6. The van der Waals surface area contributed by atoms with Crippen molar-refractivity contribution in [1.29, 1.82) is 0 Å². The topological polar surface area (TPSA) is 86.8 Å². The summed E-state index contributed by atoms with van der Waals surface area (Å²) in [6, 6.07) is 10.1. The molecule has 0 radical (unpaired) electrons. The van der Waals surface area contributed by atoms with E-state index in [0.717, 1.165) is 9.18 Å². The Labute approximate surface area is 162 Å². The van der Waals surface area contributed by atoms with Crippen LogP contribution < -0.4 is 9.62 Å². The molecular formula is C18H21N3O4S2. The molecule has 1 unspecified atom stereocenters. The first-order valence-corrected chi connectivity index (χ1v) is 10.9. The third-order valence-corrected chi connectivity index (χ3v) is 7.06. The number of sulfonamides is 1. The van der Waals surface area contributed by atoms with E-state index in [-0.39, 0.29) is 29.8 Å². The van der Waals surface area contributed by atoms with Gasteiger partial charge in [-0.1, -0.05) is 6.07 Å². The zero-order chi connectivity index (χ0) is 19.6. The fraction of sp³-hybridized carbons (Fsp3) is 0.333. The molecule has 27 heavy (non-hydrogen) atoms. The molecule has 1 aliphatic rings. The van der Waals surface area contributed by atoms with E-state index in [1.807, 2.05) is 36.5 Å². The summed E-state index contributed by atoms with van der Waals surface area (Å²) in [7, 11) is 0.315. The number of anilines is 1. The van der Waals surface area contributed by atoms with Gasteiger partial charge >= 0.3 is 0 Å². The van der Waals surface area contributed by atoms with Crippen LogP contribution in [0.2, 0.25) is 0 Å². The Morgan fingerprint density at radius 3 is 2.48 bits per heavy atom. The number of benzene rings is 1. The molecular weight excluding hydrogens is 386 g/mol. The van der Waals surface area contributed by atoms with Gasteiger partial charge in [0.15, 0.2) is 0 Å². The molecule has 2 amide bonds. The summed E-state index contributed by atoms with van der Waals surface area (Å²) in [5.41, 5.74) is 0.672. The standard InChI is InChI=1S/C18H21N3O4S2/c1-20(2)15(16-4-3-10-26-16)12-19-18(23)13-5-7-14(8-6-13)21-17(22)9-11-27(21,24)25/h3-8,10,15H,9,11-12H2,1-2H3,(H,19,23). The van der Waals surface area contributed by atoms with Gasteiger partial charge in [0.1, 0.15) is 0 Å². The lowest BCUT2D eigenvalue weighted by Crippen LogP contribution is -2.34. The molecule has 7 nitrogen and oxygen atoms in total. The molecule has 2 heterocycles. The Bertz CT molecular complexity index is 922. The smallest absolute Gasteiger partial charge is 0.251 e. The minimum Gasteiger partial charge on any atom is -0.350 e. The first kappa shape index (κ1) is 19.5. The van der Waals surface area contributed by atoms with E-state index in [1.165, 1.54) is 24.3 Å². The summed E-state index contributed by atoms with van der Waals surface area (Å²) in [5.74, 6) is -0.875.